The number of piperidine rings is 1. The molecule has 0 aliphatic carbocycles. The molecule has 1 aromatic rings. The number of anilines is 1. The highest BCUT2D eigenvalue weighted by Crippen LogP contribution is 2.26. The van der Waals surface area contributed by atoms with Gasteiger partial charge < -0.3 is 10.2 Å². The summed E-state index contributed by atoms with van der Waals surface area (Å²) >= 11 is 3.50. The van der Waals surface area contributed by atoms with E-state index in [2.05, 4.69) is 38.2 Å². The number of hydrogen-bond acceptors (Lipinski definition) is 4. The molecule has 1 fully saturated rings. The van der Waals surface area contributed by atoms with Gasteiger partial charge in [0.25, 0.3) is 5.56 Å². The predicted octanol–water partition coefficient (Wildman–Crippen LogP) is 2.56. The van der Waals surface area contributed by atoms with Gasteiger partial charge in [-0.05, 0) is 55.6 Å². The Kier molecular flexibility index (Phi) is 5.81. The van der Waals surface area contributed by atoms with Gasteiger partial charge in [0, 0.05) is 19.1 Å². The quantitative estimate of drug-likeness (QED) is 0.880. The first-order valence-electron chi connectivity index (χ1n) is 7.81. The van der Waals surface area contributed by atoms with Gasteiger partial charge in [-0.15, -0.1) is 0 Å². The molecule has 1 aromatic heterocycles. The fourth-order valence-electron chi connectivity index (χ4n) is 2.84. The van der Waals surface area contributed by atoms with Crippen LogP contribution < -0.4 is 15.8 Å². The van der Waals surface area contributed by atoms with Gasteiger partial charge in [-0.3, -0.25) is 4.79 Å². The van der Waals surface area contributed by atoms with Crippen LogP contribution in [0.3, 0.4) is 0 Å². The normalized spacial score (nSPS) is 19.0. The molecule has 1 unspecified atom stereocenters. The summed E-state index contributed by atoms with van der Waals surface area (Å²) in [6.07, 6.45) is 5.22. The van der Waals surface area contributed by atoms with E-state index in [0.29, 0.717) is 10.5 Å². The molecule has 2 rings (SSSR count). The van der Waals surface area contributed by atoms with Crippen molar-refractivity contribution in [3.8, 4) is 0 Å². The Labute approximate surface area is 134 Å². The SMILES string of the molecule is CCCN(c1cnn(C(C)C)c(=O)c1Br)C1CCCNC1. The maximum absolute atomic E-state index is 12.4. The second-order valence-corrected chi connectivity index (χ2v) is 6.67. The highest BCUT2D eigenvalue weighted by Gasteiger charge is 2.24. The molecule has 118 valence electrons. The van der Waals surface area contributed by atoms with Crippen LogP contribution in [0.5, 0.6) is 0 Å². The Hall–Kier alpha value is -0.880. The van der Waals surface area contributed by atoms with Crippen molar-refractivity contribution in [2.75, 3.05) is 24.5 Å². The van der Waals surface area contributed by atoms with Crippen LogP contribution in [0.15, 0.2) is 15.5 Å². The molecule has 1 atom stereocenters. The molecule has 0 amide bonds. The van der Waals surface area contributed by atoms with Crippen LogP contribution in [0.1, 0.15) is 46.1 Å². The number of nitrogens with zero attached hydrogens (tertiary/aromatic N) is 3. The topological polar surface area (TPSA) is 50.2 Å². The molecule has 6 heteroatoms. The summed E-state index contributed by atoms with van der Waals surface area (Å²) in [5.74, 6) is 0. The minimum atomic E-state index is -0.0487. The van der Waals surface area contributed by atoms with E-state index in [0.717, 1.165) is 38.2 Å². The predicted molar refractivity (Wildman–Crippen MR) is 90.1 cm³/mol. The van der Waals surface area contributed by atoms with E-state index in [4.69, 9.17) is 0 Å². The third-order valence-corrected chi connectivity index (χ3v) is 4.65. The van der Waals surface area contributed by atoms with Gasteiger partial charge in [0.2, 0.25) is 0 Å². The van der Waals surface area contributed by atoms with Crippen molar-refractivity contribution < 1.29 is 0 Å². The molecule has 2 heterocycles. The second kappa shape index (κ2) is 7.40. The monoisotopic (exact) mass is 356 g/mol. The molecule has 1 saturated heterocycles. The molecule has 1 aliphatic heterocycles. The number of aromatic nitrogens is 2. The van der Waals surface area contributed by atoms with Crippen molar-refractivity contribution in [3.05, 3.63) is 21.0 Å². The summed E-state index contributed by atoms with van der Waals surface area (Å²) in [5.41, 5.74) is 0.875. The first-order valence-corrected chi connectivity index (χ1v) is 8.60. The van der Waals surface area contributed by atoms with Crippen molar-refractivity contribution in [1.82, 2.24) is 15.1 Å². The van der Waals surface area contributed by atoms with E-state index in [-0.39, 0.29) is 11.6 Å². The minimum Gasteiger partial charge on any atom is -0.365 e. The van der Waals surface area contributed by atoms with E-state index >= 15 is 0 Å². The van der Waals surface area contributed by atoms with Crippen LogP contribution in [0.2, 0.25) is 0 Å². The molecule has 0 radical (unpaired) electrons. The zero-order chi connectivity index (χ0) is 15.4. The zero-order valence-electron chi connectivity index (χ0n) is 13.1. The lowest BCUT2D eigenvalue weighted by Gasteiger charge is -2.36. The smallest absolute Gasteiger partial charge is 0.283 e. The summed E-state index contributed by atoms with van der Waals surface area (Å²) in [6.45, 7) is 9.10. The van der Waals surface area contributed by atoms with Crippen LogP contribution in [-0.4, -0.2) is 35.5 Å². The minimum absolute atomic E-state index is 0.0487. The van der Waals surface area contributed by atoms with E-state index in [9.17, 15) is 4.79 Å². The average Bonchev–Trinajstić information content (AvgIpc) is 2.48. The number of rotatable bonds is 5. The molecular weight excluding hydrogens is 332 g/mol. The first kappa shape index (κ1) is 16.5. The Morgan fingerprint density at radius 1 is 1.57 bits per heavy atom. The molecule has 0 spiro atoms. The second-order valence-electron chi connectivity index (χ2n) is 5.88. The van der Waals surface area contributed by atoms with Gasteiger partial charge in [0.15, 0.2) is 0 Å². The summed E-state index contributed by atoms with van der Waals surface area (Å²) < 4.78 is 2.15. The van der Waals surface area contributed by atoms with Gasteiger partial charge in [-0.2, -0.15) is 5.10 Å². The van der Waals surface area contributed by atoms with Gasteiger partial charge in [-0.25, -0.2) is 4.68 Å². The van der Waals surface area contributed by atoms with E-state index < -0.39 is 0 Å². The average molecular weight is 357 g/mol. The van der Waals surface area contributed by atoms with Crippen molar-refractivity contribution in [1.29, 1.82) is 0 Å². The highest BCUT2D eigenvalue weighted by atomic mass is 79.9. The Morgan fingerprint density at radius 3 is 2.90 bits per heavy atom. The molecule has 0 bridgehead atoms. The third-order valence-electron chi connectivity index (χ3n) is 3.90. The van der Waals surface area contributed by atoms with Crippen LogP contribution >= 0.6 is 15.9 Å². The number of hydrogen-bond donors (Lipinski definition) is 1. The van der Waals surface area contributed by atoms with E-state index in [1.54, 1.807) is 0 Å². The van der Waals surface area contributed by atoms with Crippen molar-refractivity contribution in [2.24, 2.45) is 0 Å². The van der Waals surface area contributed by atoms with Crippen molar-refractivity contribution in [3.63, 3.8) is 0 Å². The Bertz CT molecular complexity index is 523. The van der Waals surface area contributed by atoms with Crippen molar-refractivity contribution >= 4 is 21.6 Å². The molecule has 1 N–H and O–H groups in total. The molecule has 1 aliphatic rings. The van der Waals surface area contributed by atoms with Crippen LogP contribution in [0.4, 0.5) is 5.69 Å². The maximum Gasteiger partial charge on any atom is 0.283 e. The first-order chi connectivity index (χ1) is 10.1. The van der Waals surface area contributed by atoms with Crippen molar-refractivity contribution in [2.45, 2.75) is 52.1 Å². The molecule has 21 heavy (non-hydrogen) atoms. The molecular formula is C15H25BrN4O. The lowest BCUT2D eigenvalue weighted by Crippen LogP contribution is -2.47. The van der Waals surface area contributed by atoms with Gasteiger partial charge >= 0.3 is 0 Å². The van der Waals surface area contributed by atoms with Crippen LogP contribution in [0.25, 0.3) is 0 Å². The van der Waals surface area contributed by atoms with Crippen LogP contribution in [0, 0.1) is 0 Å². The number of halogens is 1. The summed E-state index contributed by atoms with van der Waals surface area (Å²) in [4.78, 5) is 14.8. The standard InChI is InChI=1S/C15H25BrN4O/c1-4-8-19(12-6-5-7-17-9-12)13-10-18-20(11(2)3)15(21)14(13)16/h10-12,17H,4-9H2,1-3H3. The molecule has 5 nitrogen and oxygen atoms in total. The number of nitrogens with one attached hydrogen (secondary N) is 1. The van der Waals surface area contributed by atoms with Gasteiger partial charge in [0.05, 0.1) is 17.9 Å². The Balaban J connectivity index is 2.36. The summed E-state index contributed by atoms with van der Waals surface area (Å²) in [7, 11) is 0. The molecule has 0 saturated carbocycles. The van der Waals surface area contributed by atoms with E-state index in [1.807, 2.05) is 20.0 Å². The largest absolute Gasteiger partial charge is 0.365 e. The maximum atomic E-state index is 12.4. The Morgan fingerprint density at radius 2 is 2.33 bits per heavy atom. The summed E-state index contributed by atoms with van der Waals surface area (Å²) in [5, 5.41) is 7.80. The fourth-order valence-corrected chi connectivity index (χ4v) is 3.36. The summed E-state index contributed by atoms with van der Waals surface area (Å²) in [6, 6.07) is 0.505. The fraction of sp³-hybridized carbons (Fsp3) is 0.733. The van der Waals surface area contributed by atoms with Crippen LogP contribution in [-0.2, 0) is 0 Å². The van der Waals surface area contributed by atoms with Gasteiger partial charge in [-0.1, -0.05) is 6.92 Å². The third kappa shape index (κ3) is 3.66. The van der Waals surface area contributed by atoms with E-state index in [1.165, 1.54) is 11.1 Å². The zero-order valence-corrected chi connectivity index (χ0v) is 14.7. The highest BCUT2D eigenvalue weighted by molar-refractivity contribution is 9.10. The lowest BCUT2D eigenvalue weighted by atomic mass is 10.1. The lowest BCUT2D eigenvalue weighted by molar-refractivity contribution is 0.428. The van der Waals surface area contributed by atoms with Gasteiger partial charge in [0.1, 0.15) is 4.47 Å². The molecule has 0 aromatic carbocycles.